The largest absolute Gasteiger partial charge is 0.416 e. The minimum atomic E-state index is -4.42. The van der Waals surface area contributed by atoms with Gasteiger partial charge in [-0.15, -0.1) is 12.6 Å². The smallest absolute Gasteiger partial charge is 0.246 e. The number of benzene rings is 2. The van der Waals surface area contributed by atoms with Crippen molar-refractivity contribution in [2.24, 2.45) is 0 Å². The van der Waals surface area contributed by atoms with E-state index in [9.17, 15) is 13.2 Å². The first kappa shape index (κ1) is 24.4. The summed E-state index contributed by atoms with van der Waals surface area (Å²) in [6, 6.07) is 22.5. The van der Waals surface area contributed by atoms with Gasteiger partial charge in [0.25, 0.3) is 0 Å². The van der Waals surface area contributed by atoms with E-state index in [1.54, 1.807) is 6.07 Å². The SMILES string of the molecule is CC(C)(C)c1cc(-c2cccc(C(F)(F)F)c2)nc(-c2cccc(Sc3ccccc3S)n2)c1. The molecule has 0 aliphatic carbocycles. The number of alkyl halides is 3. The third-order valence-corrected chi connectivity index (χ3v) is 6.80. The van der Waals surface area contributed by atoms with Gasteiger partial charge >= 0.3 is 6.18 Å². The Labute approximate surface area is 207 Å². The van der Waals surface area contributed by atoms with E-state index in [1.165, 1.54) is 17.8 Å². The van der Waals surface area contributed by atoms with E-state index in [0.717, 1.165) is 32.5 Å². The fraction of sp³-hybridized carbons (Fsp3) is 0.185. The Bertz CT molecular complexity index is 1330. The lowest BCUT2D eigenvalue weighted by Gasteiger charge is -2.21. The second-order valence-electron chi connectivity index (χ2n) is 8.89. The zero-order chi connectivity index (χ0) is 24.5. The third kappa shape index (κ3) is 5.65. The minimum absolute atomic E-state index is 0.231. The predicted octanol–water partition coefficient (Wildman–Crippen LogP) is 8.57. The third-order valence-electron chi connectivity index (χ3n) is 5.24. The Morgan fingerprint density at radius 1 is 0.706 bits per heavy atom. The first-order valence-corrected chi connectivity index (χ1v) is 11.9. The molecule has 0 saturated carbocycles. The van der Waals surface area contributed by atoms with Crippen molar-refractivity contribution in [3.05, 3.63) is 90.0 Å². The standard InChI is InChI=1S/C27H23F3N2S2/c1-26(2,3)19-15-21(17-8-6-9-18(14-17)27(28,29)30)31-22(16-19)20-10-7-13-25(32-20)34-24-12-5-4-11-23(24)33/h4-16,33H,1-3H3. The van der Waals surface area contributed by atoms with E-state index < -0.39 is 11.7 Å². The molecule has 4 aromatic rings. The Morgan fingerprint density at radius 2 is 1.41 bits per heavy atom. The van der Waals surface area contributed by atoms with Crippen LogP contribution in [0.15, 0.2) is 93.7 Å². The van der Waals surface area contributed by atoms with E-state index in [0.29, 0.717) is 22.6 Å². The first-order valence-electron chi connectivity index (χ1n) is 10.6. The summed E-state index contributed by atoms with van der Waals surface area (Å²) in [6.07, 6.45) is -4.42. The summed E-state index contributed by atoms with van der Waals surface area (Å²) in [5, 5.41) is 0.780. The van der Waals surface area contributed by atoms with E-state index in [2.05, 4.69) is 33.4 Å². The number of pyridine rings is 2. The number of rotatable bonds is 4. The van der Waals surface area contributed by atoms with Gasteiger partial charge in [-0.05, 0) is 59.5 Å². The molecule has 2 heterocycles. The van der Waals surface area contributed by atoms with Crippen LogP contribution in [0.4, 0.5) is 13.2 Å². The van der Waals surface area contributed by atoms with Crippen LogP contribution in [0.3, 0.4) is 0 Å². The molecule has 0 spiro atoms. The number of nitrogens with zero attached hydrogens (tertiary/aromatic N) is 2. The lowest BCUT2D eigenvalue weighted by molar-refractivity contribution is -0.137. The van der Waals surface area contributed by atoms with E-state index in [1.807, 2.05) is 54.6 Å². The molecule has 174 valence electrons. The van der Waals surface area contributed by atoms with Crippen molar-refractivity contribution < 1.29 is 13.2 Å². The van der Waals surface area contributed by atoms with Gasteiger partial charge in [-0.25, -0.2) is 9.97 Å². The molecule has 0 atom stereocenters. The van der Waals surface area contributed by atoms with Crippen LogP contribution in [-0.2, 0) is 11.6 Å². The summed E-state index contributed by atoms with van der Waals surface area (Å²) < 4.78 is 39.9. The highest BCUT2D eigenvalue weighted by Crippen LogP contribution is 2.36. The molecule has 34 heavy (non-hydrogen) atoms. The molecule has 0 unspecified atom stereocenters. The Hall–Kier alpha value is -2.77. The molecule has 0 radical (unpaired) electrons. The molecular formula is C27H23F3N2S2. The van der Waals surface area contributed by atoms with Gasteiger partial charge in [-0.3, -0.25) is 0 Å². The van der Waals surface area contributed by atoms with Crippen molar-refractivity contribution in [2.75, 3.05) is 0 Å². The summed E-state index contributed by atoms with van der Waals surface area (Å²) in [5.74, 6) is 0. The van der Waals surface area contributed by atoms with Crippen molar-refractivity contribution in [1.29, 1.82) is 0 Å². The molecular weight excluding hydrogens is 473 g/mol. The molecule has 0 amide bonds. The molecule has 2 aromatic heterocycles. The van der Waals surface area contributed by atoms with Crippen molar-refractivity contribution >= 4 is 24.4 Å². The zero-order valence-electron chi connectivity index (χ0n) is 18.9. The van der Waals surface area contributed by atoms with Crippen molar-refractivity contribution in [3.8, 4) is 22.6 Å². The van der Waals surface area contributed by atoms with Gasteiger partial charge in [0, 0.05) is 15.4 Å². The monoisotopic (exact) mass is 496 g/mol. The fourth-order valence-corrected chi connectivity index (χ4v) is 4.50. The molecule has 0 aliphatic rings. The second-order valence-corrected chi connectivity index (χ2v) is 10.4. The highest BCUT2D eigenvalue weighted by molar-refractivity contribution is 7.99. The fourth-order valence-electron chi connectivity index (χ4n) is 3.37. The summed E-state index contributed by atoms with van der Waals surface area (Å²) in [6.45, 7) is 6.18. The lowest BCUT2D eigenvalue weighted by atomic mass is 9.86. The molecule has 2 nitrogen and oxygen atoms in total. The van der Waals surface area contributed by atoms with Gasteiger partial charge in [0.1, 0.15) is 5.03 Å². The van der Waals surface area contributed by atoms with Gasteiger partial charge in [0.15, 0.2) is 0 Å². The Balaban J connectivity index is 1.79. The Kier molecular flexibility index (Phi) is 6.78. The maximum absolute atomic E-state index is 13.3. The first-order chi connectivity index (χ1) is 16.0. The number of thiol groups is 1. The van der Waals surface area contributed by atoms with Crippen LogP contribution < -0.4 is 0 Å². The molecule has 7 heteroatoms. The van der Waals surface area contributed by atoms with Crippen molar-refractivity contribution in [1.82, 2.24) is 9.97 Å². The maximum Gasteiger partial charge on any atom is 0.416 e. The average Bonchev–Trinajstić information content (AvgIpc) is 2.79. The maximum atomic E-state index is 13.3. The average molecular weight is 497 g/mol. The van der Waals surface area contributed by atoms with Gasteiger partial charge in [0.2, 0.25) is 0 Å². The normalized spacial score (nSPS) is 12.1. The van der Waals surface area contributed by atoms with Crippen LogP contribution in [0.2, 0.25) is 0 Å². The summed E-state index contributed by atoms with van der Waals surface area (Å²) in [4.78, 5) is 11.3. The molecule has 0 aliphatic heterocycles. The van der Waals surface area contributed by atoms with Gasteiger partial charge in [-0.2, -0.15) is 13.2 Å². The molecule has 2 aromatic carbocycles. The van der Waals surface area contributed by atoms with E-state index >= 15 is 0 Å². The van der Waals surface area contributed by atoms with Gasteiger partial charge in [-0.1, -0.05) is 62.9 Å². The van der Waals surface area contributed by atoms with Crippen LogP contribution in [0, 0.1) is 0 Å². The topological polar surface area (TPSA) is 25.8 Å². The zero-order valence-corrected chi connectivity index (χ0v) is 20.6. The molecule has 0 saturated heterocycles. The van der Waals surface area contributed by atoms with Crippen molar-refractivity contribution in [2.45, 2.75) is 47.2 Å². The summed E-state index contributed by atoms with van der Waals surface area (Å²) >= 11 is 6.01. The number of hydrogen-bond donors (Lipinski definition) is 1. The van der Waals surface area contributed by atoms with Gasteiger partial charge < -0.3 is 0 Å². The van der Waals surface area contributed by atoms with E-state index in [-0.39, 0.29) is 5.41 Å². The highest BCUT2D eigenvalue weighted by Gasteiger charge is 2.30. The van der Waals surface area contributed by atoms with Crippen molar-refractivity contribution in [3.63, 3.8) is 0 Å². The summed E-state index contributed by atoms with van der Waals surface area (Å²) in [5.41, 5.74) is 2.20. The second kappa shape index (κ2) is 9.47. The van der Waals surface area contributed by atoms with Gasteiger partial charge in [0.05, 0.1) is 22.6 Å². The predicted molar refractivity (Wildman–Crippen MR) is 134 cm³/mol. The van der Waals surface area contributed by atoms with E-state index in [4.69, 9.17) is 9.97 Å². The molecule has 0 fully saturated rings. The summed E-state index contributed by atoms with van der Waals surface area (Å²) in [7, 11) is 0. The lowest BCUT2D eigenvalue weighted by Crippen LogP contribution is -2.12. The quantitative estimate of drug-likeness (QED) is 0.287. The number of halogens is 3. The minimum Gasteiger partial charge on any atom is -0.246 e. The number of hydrogen-bond acceptors (Lipinski definition) is 4. The molecule has 0 bridgehead atoms. The van der Waals surface area contributed by atoms with Crippen LogP contribution in [0.25, 0.3) is 22.6 Å². The number of aromatic nitrogens is 2. The van der Waals surface area contributed by atoms with Crippen LogP contribution in [0.1, 0.15) is 31.9 Å². The van der Waals surface area contributed by atoms with Crippen LogP contribution in [-0.4, -0.2) is 9.97 Å². The highest BCUT2D eigenvalue weighted by atomic mass is 32.2. The van der Waals surface area contributed by atoms with Crippen LogP contribution >= 0.6 is 24.4 Å². The Morgan fingerprint density at radius 3 is 2.12 bits per heavy atom. The van der Waals surface area contributed by atoms with Crippen LogP contribution in [0.5, 0.6) is 0 Å². The molecule has 4 rings (SSSR count). The molecule has 0 N–H and O–H groups in total.